The van der Waals surface area contributed by atoms with Gasteiger partial charge in [0.15, 0.2) is 5.96 Å². The molecule has 1 saturated heterocycles. The van der Waals surface area contributed by atoms with Gasteiger partial charge in [-0.2, -0.15) is 11.8 Å². The number of aliphatic imine (C=N–C) groups is 1. The first-order chi connectivity index (χ1) is 9.62. The summed E-state index contributed by atoms with van der Waals surface area (Å²) in [6.45, 7) is 2.98. The number of hydrogen-bond donors (Lipinski definition) is 3. The SMILES string of the molecule is CN=C(NCC1CCCS1)NCC(C)(O)c1ccco1. The maximum absolute atomic E-state index is 10.4. The van der Waals surface area contributed by atoms with Gasteiger partial charge < -0.3 is 20.2 Å². The Morgan fingerprint density at radius 1 is 1.60 bits per heavy atom. The van der Waals surface area contributed by atoms with Crippen LogP contribution in [0.2, 0.25) is 0 Å². The molecule has 1 fully saturated rings. The van der Waals surface area contributed by atoms with E-state index in [-0.39, 0.29) is 0 Å². The zero-order valence-corrected chi connectivity index (χ0v) is 12.9. The molecule has 2 unspecified atom stereocenters. The van der Waals surface area contributed by atoms with Crippen LogP contribution in [-0.4, -0.2) is 42.2 Å². The quantitative estimate of drug-likeness (QED) is 0.568. The van der Waals surface area contributed by atoms with Crippen LogP contribution >= 0.6 is 11.8 Å². The fourth-order valence-corrected chi connectivity index (χ4v) is 3.37. The van der Waals surface area contributed by atoms with E-state index >= 15 is 0 Å². The van der Waals surface area contributed by atoms with Crippen molar-refractivity contribution in [2.24, 2.45) is 4.99 Å². The predicted molar refractivity (Wildman–Crippen MR) is 83.1 cm³/mol. The van der Waals surface area contributed by atoms with Crippen LogP contribution in [0.5, 0.6) is 0 Å². The lowest BCUT2D eigenvalue weighted by Gasteiger charge is -2.23. The standard InChI is InChI=1S/C14H23N3O2S/c1-14(18,12-6-3-7-19-12)10-17-13(15-2)16-9-11-5-4-8-20-11/h3,6-7,11,18H,4-5,8-10H2,1-2H3,(H2,15,16,17). The third-order valence-electron chi connectivity index (χ3n) is 3.40. The summed E-state index contributed by atoms with van der Waals surface area (Å²) in [5, 5.41) is 17.5. The monoisotopic (exact) mass is 297 g/mol. The molecule has 1 aromatic heterocycles. The summed E-state index contributed by atoms with van der Waals surface area (Å²) < 4.78 is 5.25. The zero-order valence-electron chi connectivity index (χ0n) is 12.1. The number of guanidine groups is 1. The average molecular weight is 297 g/mol. The highest BCUT2D eigenvalue weighted by atomic mass is 32.2. The van der Waals surface area contributed by atoms with E-state index in [4.69, 9.17) is 4.42 Å². The molecule has 0 aromatic carbocycles. The molecule has 0 amide bonds. The number of furan rings is 1. The smallest absolute Gasteiger partial charge is 0.191 e. The highest BCUT2D eigenvalue weighted by molar-refractivity contribution is 8.00. The molecular weight excluding hydrogens is 274 g/mol. The van der Waals surface area contributed by atoms with Crippen molar-refractivity contribution in [1.82, 2.24) is 10.6 Å². The maximum Gasteiger partial charge on any atom is 0.191 e. The van der Waals surface area contributed by atoms with E-state index in [1.165, 1.54) is 18.6 Å². The molecule has 5 nitrogen and oxygen atoms in total. The molecule has 1 aliphatic rings. The Balaban J connectivity index is 1.78. The molecule has 0 saturated carbocycles. The molecular formula is C14H23N3O2S. The zero-order chi connectivity index (χ0) is 14.4. The highest BCUT2D eigenvalue weighted by Crippen LogP contribution is 2.25. The van der Waals surface area contributed by atoms with Crippen LogP contribution < -0.4 is 10.6 Å². The van der Waals surface area contributed by atoms with Crippen LogP contribution in [-0.2, 0) is 5.60 Å². The highest BCUT2D eigenvalue weighted by Gasteiger charge is 2.26. The van der Waals surface area contributed by atoms with Crippen molar-refractivity contribution >= 4 is 17.7 Å². The second kappa shape index (κ2) is 7.04. The lowest BCUT2D eigenvalue weighted by Crippen LogP contribution is -2.45. The van der Waals surface area contributed by atoms with E-state index in [2.05, 4.69) is 15.6 Å². The van der Waals surface area contributed by atoms with Crippen molar-refractivity contribution in [3.63, 3.8) is 0 Å². The normalized spacial score (nSPS) is 22.6. The molecule has 0 bridgehead atoms. The number of rotatable bonds is 5. The van der Waals surface area contributed by atoms with E-state index in [1.54, 1.807) is 32.4 Å². The minimum atomic E-state index is -1.05. The van der Waals surface area contributed by atoms with Gasteiger partial charge in [-0.05, 0) is 37.7 Å². The van der Waals surface area contributed by atoms with Gasteiger partial charge in [-0.3, -0.25) is 4.99 Å². The van der Waals surface area contributed by atoms with Crippen LogP contribution in [0.25, 0.3) is 0 Å². The number of hydrogen-bond acceptors (Lipinski definition) is 4. The molecule has 6 heteroatoms. The lowest BCUT2D eigenvalue weighted by atomic mass is 10.0. The summed E-state index contributed by atoms with van der Waals surface area (Å²) in [5.74, 6) is 2.52. The second-order valence-electron chi connectivity index (χ2n) is 5.19. The van der Waals surface area contributed by atoms with Crippen LogP contribution in [0.4, 0.5) is 0 Å². The first-order valence-electron chi connectivity index (χ1n) is 6.94. The van der Waals surface area contributed by atoms with Gasteiger partial charge in [0.2, 0.25) is 0 Å². The first-order valence-corrected chi connectivity index (χ1v) is 7.99. The summed E-state index contributed by atoms with van der Waals surface area (Å²) in [7, 11) is 1.73. The van der Waals surface area contributed by atoms with Gasteiger partial charge in [0.1, 0.15) is 11.4 Å². The molecule has 0 spiro atoms. The van der Waals surface area contributed by atoms with E-state index in [0.717, 1.165) is 6.54 Å². The van der Waals surface area contributed by atoms with Crippen molar-refractivity contribution in [2.75, 3.05) is 25.9 Å². The number of nitrogens with one attached hydrogen (secondary N) is 2. The van der Waals surface area contributed by atoms with Crippen molar-refractivity contribution in [1.29, 1.82) is 0 Å². The summed E-state index contributed by atoms with van der Waals surface area (Å²) in [6, 6.07) is 3.54. The Morgan fingerprint density at radius 2 is 2.45 bits per heavy atom. The largest absolute Gasteiger partial charge is 0.466 e. The van der Waals surface area contributed by atoms with E-state index in [9.17, 15) is 5.11 Å². The molecule has 112 valence electrons. The van der Waals surface area contributed by atoms with Crippen molar-refractivity contribution in [3.05, 3.63) is 24.2 Å². The Morgan fingerprint density at radius 3 is 3.05 bits per heavy atom. The van der Waals surface area contributed by atoms with Crippen molar-refractivity contribution < 1.29 is 9.52 Å². The summed E-state index contributed by atoms with van der Waals surface area (Å²) in [5.41, 5.74) is -1.05. The van der Waals surface area contributed by atoms with E-state index in [1.807, 2.05) is 11.8 Å². The molecule has 0 radical (unpaired) electrons. The van der Waals surface area contributed by atoms with Gasteiger partial charge >= 0.3 is 0 Å². The number of nitrogens with zero attached hydrogens (tertiary/aromatic N) is 1. The Bertz CT molecular complexity index is 426. The number of thioether (sulfide) groups is 1. The fraction of sp³-hybridized carbons (Fsp3) is 0.643. The number of aliphatic hydroxyl groups is 1. The molecule has 3 N–H and O–H groups in total. The maximum atomic E-state index is 10.4. The van der Waals surface area contributed by atoms with Crippen molar-refractivity contribution in [2.45, 2.75) is 30.6 Å². The molecule has 2 heterocycles. The van der Waals surface area contributed by atoms with Gasteiger partial charge in [-0.25, -0.2) is 0 Å². The summed E-state index contributed by atoms with van der Waals surface area (Å²) in [4.78, 5) is 4.18. The molecule has 2 atom stereocenters. The third-order valence-corrected chi connectivity index (χ3v) is 4.79. The first kappa shape index (κ1) is 15.3. The molecule has 1 aromatic rings. The molecule has 2 rings (SSSR count). The topological polar surface area (TPSA) is 69.8 Å². The van der Waals surface area contributed by atoms with Gasteiger partial charge in [0.05, 0.1) is 12.8 Å². The Hall–Kier alpha value is -1.14. The third kappa shape index (κ3) is 4.18. The predicted octanol–water partition coefficient (Wildman–Crippen LogP) is 1.55. The van der Waals surface area contributed by atoms with Gasteiger partial charge in [-0.15, -0.1) is 0 Å². The van der Waals surface area contributed by atoms with Crippen LogP contribution in [0.1, 0.15) is 25.5 Å². The summed E-state index contributed by atoms with van der Waals surface area (Å²) in [6.07, 6.45) is 4.13. The average Bonchev–Trinajstić information content (AvgIpc) is 3.12. The van der Waals surface area contributed by atoms with Gasteiger partial charge in [-0.1, -0.05) is 0 Å². The Labute approximate surface area is 124 Å². The molecule has 0 aliphatic carbocycles. The fourth-order valence-electron chi connectivity index (χ4n) is 2.16. The molecule has 1 aliphatic heterocycles. The van der Waals surface area contributed by atoms with Crippen LogP contribution in [0, 0.1) is 0 Å². The second-order valence-corrected chi connectivity index (χ2v) is 6.60. The van der Waals surface area contributed by atoms with E-state index < -0.39 is 5.60 Å². The van der Waals surface area contributed by atoms with Gasteiger partial charge in [0, 0.05) is 18.8 Å². The molecule has 20 heavy (non-hydrogen) atoms. The lowest BCUT2D eigenvalue weighted by molar-refractivity contribution is 0.0386. The minimum absolute atomic E-state index is 0.345. The Kier molecular flexibility index (Phi) is 5.37. The van der Waals surface area contributed by atoms with Crippen LogP contribution in [0.15, 0.2) is 27.8 Å². The van der Waals surface area contributed by atoms with Crippen LogP contribution in [0.3, 0.4) is 0 Å². The summed E-state index contributed by atoms with van der Waals surface area (Å²) >= 11 is 2.01. The van der Waals surface area contributed by atoms with Crippen molar-refractivity contribution in [3.8, 4) is 0 Å². The van der Waals surface area contributed by atoms with E-state index in [0.29, 0.717) is 23.5 Å². The minimum Gasteiger partial charge on any atom is -0.466 e. The van der Waals surface area contributed by atoms with Gasteiger partial charge in [0.25, 0.3) is 0 Å².